The normalized spacial score (nSPS) is 10.8. The summed E-state index contributed by atoms with van der Waals surface area (Å²) in [6.07, 6.45) is 0.973. The van der Waals surface area contributed by atoms with E-state index >= 15 is 0 Å². The fourth-order valence-electron chi connectivity index (χ4n) is 2.15. The minimum absolute atomic E-state index is 0.649. The van der Waals surface area contributed by atoms with Crippen molar-refractivity contribution in [3.8, 4) is 5.75 Å². The summed E-state index contributed by atoms with van der Waals surface area (Å²) in [6, 6.07) is 11.6. The van der Waals surface area contributed by atoms with Crippen LogP contribution in [0.4, 0.5) is 5.82 Å². The summed E-state index contributed by atoms with van der Waals surface area (Å²) in [6.45, 7) is 2.12. The van der Waals surface area contributed by atoms with Gasteiger partial charge < -0.3 is 14.0 Å². The van der Waals surface area contributed by atoms with E-state index in [0.29, 0.717) is 16.9 Å². The second-order valence-corrected chi connectivity index (χ2v) is 5.68. The van der Waals surface area contributed by atoms with E-state index in [-0.39, 0.29) is 0 Å². The fraction of sp³-hybridized carbons (Fsp3) is 0.188. The first-order chi connectivity index (χ1) is 10.7. The van der Waals surface area contributed by atoms with Crippen molar-refractivity contribution in [2.24, 2.45) is 0 Å². The third-order valence-corrected chi connectivity index (χ3v) is 4.22. The van der Waals surface area contributed by atoms with Crippen LogP contribution in [-0.2, 0) is 6.42 Å². The lowest BCUT2D eigenvalue weighted by atomic mass is 9.95. The molecule has 3 aromatic rings. The molecule has 1 N–H and O–H groups in total. The first kappa shape index (κ1) is 14.8. The molecule has 4 nitrogen and oxygen atoms in total. The van der Waals surface area contributed by atoms with Gasteiger partial charge in [-0.15, -0.1) is 0 Å². The van der Waals surface area contributed by atoms with Crippen LogP contribution >= 0.6 is 11.9 Å². The molecule has 3 rings (SSSR count). The van der Waals surface area contributed by atoms with Crippen molar-refractivity contribution in [1.82, 2.24) is 5.16 Å². The molecule has 0 unspecified atom stereocenters. The van der Waals surface area contributed by atoms with Gasteiger partial charge in [0, 0.05) is 0 Å². The van der Waals surface area contributed by atoms with Gasteiger partial charge in [0.15, 0.2) is 11.4 Å². The Bertz CT molecular complexity index is 804. The SMILES string of the molecule is [B]c1ccc2onc(NSc3cc(CC)ccc3OC)c2c1. The van der Waals surface area contributed by atoms with E-state index < -0.39 is 0 Å². The van der Waals surface area contributed by atoms with Crippen molar-refractivity contribution in [1.29, 1.82) is 0 Å². The molecule has 2 aromatic carbocycles. The number of aryl methyl sites for hydroxylation is 1. The summed E-state index contributed by atoms with van der Waals surface area (Å²) < 4.78 is 13.9. The molecule has 0 fully saturated rings. The van der Waals surface area contributed by atoms with Crippen LogP contribution in [0.1, 0.15) is 12.5 Å². The Morgan fingerprint density at radius 1 is 1.27 bits per heavy atom. The smallest absolute Gasteiger partial charge is 0.187 e. The molecule has 2 radical (unpaired) electrons. The average Bonchev–Trinajstić information content (AvgIpc) is 2.94. The van der Waals surface area contributed by atoms with Gasteiger partial charge in [0.05, 0.1) is 17.4 Å². The molecule has 0 aliphatic rings. The van der Waals surface area contributed by atoms with Crippen molar-refractivity contribution >= 4 is 42.0 Å². The van der Waals surface area contributed by atoms with Gasteiger partial charge >= 0.3 is 0 Å². The highest BCUT2D eigenvalue weighted by Gasteiger charge is 2.10. The van der Waals surface area contributed by atoms with Crippen LogP contribution in [0, 0.1) is 0 Å². The summed E-state index contributed by atoms with van der Waals surface area (Å²) in [7, 11) is 7.48. The molecule has 0 spiro atoms. The Morgan fingerprint density at radius 2 is 2.14 bits per heavy atom. The number of ether oxygens (including phenoxy) is 1. The number of aromatic nitrogens is 1. The lowest BCUT2D eigenvalue weighted by Gasteiger charge is -2.09. The maximum Gasteiger partial charge on any atom is 0.187 e. The summed E-state index contributed by atoms with van der Waals surface area (Å²) in [4.78, 5) is 1.00. The molecule has 0 saturated carbocycles. The fourth-order valence-corrected chi connectivity index (χ4v) is 2.97. The zero-order valence-corrected chi connectivity index (χ0v) is 13.2. The van der Waals surface area contributed by atoms with Gasteiger partial charge in [0.25, 0.3) is 0 Å². The number of nitrogens with one attached hydrogen (secondary N) is 1. The Balaban J connectivity index is 1.86. The maximum atomic E-state index is 5.82. The van der Waals surface area contributed by atoms with Crippen molar-refractivity contribution in [3.63, 3.8) is 0 Å². The number of methoxy groups -OCH3 is 1. The summed E-state index contributed by atoms with van der Waals surface area (Å²) >= 11 is 1.44. The third kappa shape index (κ3) is 2.92. The highest BCUT2D eigenvalue weighted by Crippen LogP contribution is 2.32. The Labute approximate surface area is 134 Å². The van der Waals surface area contributed by atoms with Gasteiger partial charge in [0.1, 0.15) is 13.6 Å². The number of anilines is 1. The standard InChI is InChI=1S/C16H15BN2O2S/c1-3-10-4-6-14(20-2)15(8-10)22-19-16-12-9-11(17)5-7-13(12)21-18-16/h4-9H,3H2,1-2H3,(H,18,19). The number of rotatable bonds is 5. The summed E-state index contributed by atoms with van der Waals surface area (Å²) in [5.74, 6) is 1.47. The van der Waals surface area contributed by atoms with Gasteiger partial charge in [-0.3, -0.25) is 0 Å². The minimum Gasteiger partial charge on any atom is -0.496 e. The van der Waals surface area contributed by atoms with Gasteiger partial charge in [-0.1, -0.05) is 35.7 Å². The van der Waals surface area contributed by atoms with E-state index in [9.17, 15) is 0 Å². The number of benzene rings is 2. The molecule has 1 aromatic heterocycles. The van der Waals surface area contributed by atoms with Crippen molar-refractivity contribution in [3.05, 3.63) is 42.0 Å². The van der Waals surface area contributed by atoms with Crippen LogP contribution in [0.3, 0.4) is 0 Å². The molecule has 22 heavy (non-hydrogen) atoms. The van der Waals surface area contributed by atoms with Crippen LogP contribution in [0.2, 0.25) is 0 Å². The number of hydrogen-bond acceptors (Lipinski definition) is 5. The molecule has 0 atom stereocenters. The lowest BCUT2D eigenvalue weighted by molar-refractivity contribution is 0.404. The van der Waals surface area contributed by atoms with Crippen LogP contribution in [-0.4, -0.2) is 20.1 Å². The zero-order valence-electron chi connectivity index (χ0n) is 12.4. The lowest BCUT2D eigenvalue weighted by Crippen LogP contribution is -1.99. The minimum atomic E-state index is 0.649. The molecule has 0 aliphatic heterocycles. The molecule has 6 heteroatoms. The Kier molecular flexibility index (Phi) is 4.29. The van der Waals surface area contributed by atoms with E-state index in [1.807, 2.05) is 18.2 Å². The van der Waals surface area contributed by atoms with Gasteiger partial charge in [0.2, 0.25) is 0 Å². The second-order valence-electron chi connectivity index (χ2n) is 4.83. The van der Waals surface area contributed by atoms with Gasteiger partial charge in [-0.2, -0.15) is 0 Å². The molecule has 0 saturated heterocycles. The van der Waals surface area contributed by atoms with Crippen LogP contribution in [0.5, 0.6) is 5.75 Å². The van der Waals surface area contributed by atoms with E-state index in [0.717, 1.165) is 22.5 Å². The topological polar surface area (TPSA) is 47.3 Å². The predicted molar refractivity (Wildman–Crippen MR) is 91.2 cm³/mol. The Morgan fingerprint density at radius 3 is 2.91 bits per heavy atom. The van der Waals surface area contributed by atoms with Crippen molar-refractivity contribution in [2.75, 3.05) is 11.8 Å². The molecule has 0 amide bonds. The second kappa shape index (κ2) is 6.36. The van der Waals surface area contributed by atoms with Crippen LogP contribution in [0.25, 0.3) is 11.0 Å². The van der Waals surface area contributed by atoms with Crippen molar-refractivity contribution < 1.29 is 9.26 Å². The van der Waals surface area contributed by atoms with E-state index in [4.69, 9.17) is 17.1 Å². The molecule has 0 aliphatic carbocycles. The largest absolute Gasteiger partial charge is 0.496 e. The quantitative estimate of drug-likeness (QED) is 0.579. The molecule has 1 heterocycles. The summed E-state index contributed by atoms with van der Waals surface area (Å²) in [5, 5.41) is 4.91. The molecular formula is C16H15BN2O2S. The number of nitrogens with zero attached hydrogens (tertiary/aromatic N) is 1. The summed E-state index contributed by atoms with van der Waals surface area (Å²) in [5.41, 5.74) is 2.63. The van der Waals surface area contributed by atoms with Gasteiger partial charge in [-0.05, 0) is 42.1 Å². The molecule has 110 valence electrons. The van der Waals surface area contributed by atoms with Gasteiger partial charge in [-0.25, -0.2) is 0 Å². The van der Waals surface area contributed by atoms with E-state index in [2.05, 4.69) is 28.9 Å². The number of fused-ring (bicyclic) bond motifs is 1. The Hall–Kier alpha value is -2.08. The maximum absolute atomic E-state index is 5.82. The van der Waals surface area contributed by atoms with Crippen LogP contribution < -0.4 is 14.9 Å². The van der Waals surface area contributed by atoms with Crippen molar-refractivity contribution in [2.45, 2.75) is 18.2 Å². The monoisotopic (exact) mass is 310 g/mol. The predicted octanol–water partition coefficient (Wildman–Crippen LogP) is 3.31. The molecule has 0 bridgehead atoms. The third-order valence-electron chi connectivity index (χ3n) is 3.39. The van der Waals surface area contributed by atoms with Crippen LogP contribution in [0.15, 0.2) is 45.8 Å². The zero-order chi connectivity index (χ0) is 15.5. The first-order valence-corrected chi connectivity index (χ1v) is 7.77. The highest BCUT2D eigenvalue weighted by molar-refractivity contribution is 8.00. The molecular weight excluding hydrogens is 295 g/mol. The highest BCUT2D eigenvalue weighted by atomic mass is 32.2. The van der Waals surface area contributed by atoms with E-state index in [1.165, 1.54) is 17.5 Å². The first-order valence-electron chi connectivity index (χ1n) is 6.96. The van der Waals surface area contributed by atoms with E-state index in [1.54, 1.807) is 13.2 Å². The average molecular weight is 310 g/mol. The number of hydrogen-bond donors (Lipinski definition) is 1.